The number of carboxylic acids is 1. The molecule has 1 aliphatic rings. The molecule has 1 aromatic carbocycles. The highest BCUT2D eigenvalue weighted by Gasteiger charge is 2.39. The van der Waals surface area contributed by atoms with Crippen molar-refractivity contribution in [1.29, 1.82) is 0 Å². The van der Waals surface area contributed by atoms with Crippen LogP contribution >= 0.6 is 11.6 Å². The van der Waals surface area contributed by atoms with E-state index >= 15 is 0 Å². The van der Waals surface area contributed by atoms with Crippen LogP contribution in [0.2, 0.25) is 5.02 Å². The fourth-order valence-electron chi connectivity index (χ4n) is 3.13. The number of halogens is 2. The summed E-state index contributed by atoms with van der Waals surface area (Å²) >= 11 is 6.29. The van der Waals surface area contributed by atoms with Crippen LogP contribution in [0.5, 0.6) is 0 Å². The number of allylic oxidation sites excluding steroid dienone is 1. The molecule has 0 saturated carbocycles. The van der Waals surface area contributed by atoms with Crippen LogP contribution in [0.1, 0.15) is 11.5 Å². The van der Waals surface area contributed by atoms with Crippen molar-refractivity contribution in [2.75, 3.05) is 46.8 Å². The largest absolute Gasteiger partial charge is 0.478 e. The van der Waals surface area contributed by atoms with Crippen LogP contribution in [0.25, 0.3) is 0 Å². The first-order valence-corrected chi connectivity index (χ1v) is 9.54. The number of hydrogen-bond donors (Lipinski definition) is 3. The quantitative estimate of drug-likeness (QED) is 0.350. The number of esters is 1. The van der Waals surface area contributed by atoms with Gasteiger partial charge >= 0.3 is 11.9 Å². The van der Waals surface area contributed by atoms with Crippen molar-refractivity contribution in [1.82, 2.24) is 5.32 Å². The average molecular weight is 443 g/mol. The van der Waals surface area contributed by atoms with Crippen LogP contribution in [0.3, 0.4) is 0 Å². The molecule has 0 aromatic heterocycles. The van der Waals surface area contributed by atoms with E-state index in [2.05, 4.69) is 5.32 Å². The van der Waals surface area contributed by atoms with Gasteiger partial charge in [0, 0.05) is 11.6 Å². The molecular weight excluding hydrogens is 419 g/mol. The van der Waals surface area contributed by atoms with Crippen molar-refractivity contribution in [3.63, 3.8) is 0 Å². The summed E-state index contributed by atoms with van der Waals surface area (Å²) in [4.78, 5) is 24.6. The molecule has 0 radical (unpaired) electrons. The van der Waals surface area contributed by atoms with Gasteiger partial charge in [0.25, 0.3) is 0 Å². The molecule has 8 nitrogen and oxygen atoms in total. The van der Waals surface area contributed by atoms with E-state index in [1.807, 2.05) is 0 Å². The predicted octanol–water partition coefficient (Wildman–Crippen LogP) is 1.75. The molecule has 164 valence electrons. The number of carbonyl (C=O) groups is 2. The number of dihydropyridines is 1. The van der Waals surface area contributed by atoms with Gasteiger partial charge in [0.05, 0.1) is 62.0 Å². The molecule has 1 heterocycles. The zero-order valence-electron chi connectivity index (χ0n) is 16.5. The molecule has 1 aliphatic heterocycles. The molecule has 0 bridgehead atoms. The lowest BCUT2D eigenvalue weighted by Gasteiger charge is -2.31. The Morgan fingerprint density at radius 3 is 2.47 bits per heavy atom. The third-order valence-electron chi connectivity index (χ3n) is 4.40. The summed E-state index contributed by atoms with van der Waals surface area (Å²) in [5.74, 6) is -3.29. The monoisotopic (exact) mass is 442 g/mol. The first-order valence-electron chi connectivity index (χ1n) is 9.16. The second kappa shape index (κ2) is 11.7. The van der Waals surface area contributed by atoms with Crippen LogP contribution in [-0.4, -0.2) is 63.8 Å². The highest BCUT2D eigenvalue weighted by Crippen LogP contribution is 2.41. The molecular formula is C20H24ClFN2O6. The van der Waals surface area contributed by atoms with Gasteiger partial charge in [0.15, 0.2) is 0 Å². The van der Waals surface area contributed by atoms with E-state index in [-0.39, 0.29) is 47.4 Å². The van der Waals surface area contributed by atoms with Gasteiger partial charge in [0.1, 0.15) is 6.67 Å². The number of hydrogen-bond acceptors (Lipinski definition) is 7. The van der Waals surface area contributed by atoms with Crippen molar-refractivity contribution >= 4 is 23.5 Å². The fraction of sp³-hybridized carbons (Fsp3) is 0.400. The highest BCUT2D eigenvalue weighted by molar-refractivity contribution is 6.31. The lowest BCUT2D eigenvalue weighted by atomic mass is 9.80. The van der Waals surface area contributed by atoms with Crippen molar-refractivity contribution in [2.24, 2.45) is 5.73 Å². The van der Waals surface area contributed by atoms with Gasteiger partial charge in [-0.1, -0.05) is 29.8 Å². The number of carboxylic acid groups (broad SMARTS) is 1. The van der Waals surface area contributed by atoms with Crippen LogP contribution in [-0.2, 0) is 23.8 Å². The predicted molar refractivity (Wildman–Crippen MR) is 108 cm³/mol. The second-order valence-electron chi connectivity index (χ2n) is 6.25. The zero-order valence-corrected chi connectivity index (χ0v) is 17.2. The van der Waals surface area contributed by atoms with Crippen LogP contribution in [0.4, 0.5) is 4.39 Å². The Kier molecular flexibility index (Phi) is 9.25. The number of carbonyl (C=O) groups excluding carboxylic acids is 1. The van der Waals surface area contributed by atoms with Crippen LogP contribution in [0.15, 0.2) is 46.8 Å². The molecule has 0 saturated heterocycles. The van der Waals surface area contributed by atoms with Gasteiger partial charge in [-0.3, -0.25) is 0 Å². The Hall–Kier alpha value is -2.46. The van der Waals surface area contributed by atoms with Gasteiger partial charge in [-0.05, 0) is 11.6 Å². The standard InChI is InChI=1S/C20H24ClFN2O6/c1-28-20(27)18-14(10-22)24-15(11-30-9-8-29-7-6-23)17(19(25)26)16(18)12-4-2-3-5-13(12)21/h2-5,16,24H,6-11,23H2,1H3,(H,25,26). The minimum absolute atomic E-state index is 0.102. The molecule has 2 rings (SSSR count). The maximum atomic E-state index is 13.8. The zero-order chi connectivity index (χ0) is 22.1. The maximum Gasteiger partial charge on any atom is 0.336 e. The Balaban J connectivity index is 2.47. The number of ether oxygens (including phenoxy) is 3. The van der Waals surface area contributed by atoms with Crippen molar-refractivity contribution < 1.29 is 33.3 Å². The lowest BCUT2D eigenvalue weighted by molar-refractivity contribution is -0.136. The molecule has 0 fully saturated rings. The van der Waals surface area contributed by atoms with E-state index in [1.165, 1.54) is 0 Å². The number of methoxy groups -OCH3 is 1. The molecule has 4 N–H and O–H groups in total. The topological polar surface area (TPSA) is 120 Å². The van der Waals surface area contributed by atoms with E-state index < -0.39 is 24.5 Å². The minimum Gasteiger partial charge on any atom is -0.478 e. The highest BCUT2D eigenvalue weighted by atomic mass is 35.5. The second-order valence-corrected chi connectivity index (χ2v) is 6.66. The summed E-state index contributed by atoms with van der Waals surface area (Å²) in [6, 6.07) is 6.46. The van der Waals surface area contributed by atoms with E-state index in [4.69, 9.17) is 31.5 Å². The Bertz CT molecular complexity index is 842. The molecule has 1 atom stereocenters. The number of alkyl halides is 1. The summed E-state index contributed by atoms with van der Waals surface area (Å²) < 4.78 is 29.3. The molecule has 0 amide bonds. The number of nitrogens with one attached hydrogen (secondary N) is 1. The van der Waals surface area contributed by atoms with E-state index in [0.29, 0.717) is 18.7 Å². The number of nitrogens with two attached hydrogens (primary N) is 1. The van der Waals surface area contributed by atoms with Gasteiger partial charge in [0.2, 0.25) is 0 Å². The number of aliphatic carboxylic acids is 1. The molecule has 10 heteroatoms. The molecule has 30 heavy (non-hydrogen) atoms. The SMILES string of the molecule is COC(=O)C1=C(CF)NC(COCCOCCN)=C(C(=O)O)C1c1ccccc1Cl. The minimum atomic E-state index is -1.30. The smallest absolute Gasteiger partial charge is 0.336 e. The van der Waals surface area contributed by atoms with Crippen LogP contribution in [0, 0.1) is 0 Å². The maximum absolute atomic E-state index is 13.8. The fourth-order valence-corrected chi connectivity index (χ4v) is 3.37. The van der Waals surface area contributed by atoms with Gasteiger partial charge < -0.3 is 30.4 Å². The Morgan fingerprint density at radius 1 is 1.17 bits per heavy atom. The Labute approximate surface area is 178 Å². The molecule has 1 aromatic rings. The molecule has 0 spiro atoms. The summed E-state index contributed by atoms with van der Waals surface area (Å²) in [6.07, 6.45) is 0. The van der Waals surface area contributed by atoms with Crippen molar-refractivity contribution in [3.05, 3.63) is 57.4 Å². The van der Waals surface area contributed by atoms with Gasteiger partial charge in [-0.25, -0.2) is 14.0 Å². The van der Waals surface area contributed by atoms with E-state index in [9.17, 15) is 19.1 Å². The number of benzene rings is 1. The first-order chi connectivity index (χ1) is 14.5. The third-order valence-corrected chi connectivity index (χ3v) is 4.74. The normalized spacial score (nSPS) is 16.5. The van der Waals surface area contributed by atoms with Crippen LogP contribution < -0.4 is 11.1 Å². The third kappa shape index (κ3) is 5.57. The molecule has 1 unspecified atom stereocenters. The summed E-state index contributed by atoms with van der Waals surface area (Å²) in [6.45, 7) is -0.0197. The first kappa shape index (κ1) is 23.8. The number of rotatable bonds is 11. The van der Waals surface area contributed by atoms with E-state index in [1.54, 1.807) is 24.3 Å². The lowest BCUT2D eigenvalue weighted by Crippen LogP contribution is -2.35. The van der Waals surface area contributed by atoms with E-state index in [0.717, 1.165) is 7.11 Å². The summed E-state index contributed by atoms with van der Waals surface area (Å²) in [5.41, 5.74) is 5.36. The van der Waals surface area contributed by atoms with Gasteiger partial charge in [-0.15, -0.1) is 0 Å². The van der Waals surface area contributed by atoms with Crippen molar-refractivity contribution in [2.45, 2.75) is 5.92 Å². The summed E-state index contributed by atoms with van der Waals surface area (Å²) in [5, 5.41) is 12.9. The summed E-state index contributed by atoms with van der Waals surface area (Å²) in [7, 11) is 1.14. The average Bonchev–Trinajstić information content (AvgIpc) is 2.74. The Morgan fingerprint density at radius 2 is 1.87 bits per heavy atom. The van der Waals surface area contributed by atoms with Gasteiger partial charge in [-0.2, -0.15) is 0 Å². The molecule has 0 aliphatic carbocycles. The van der Waals surface area contributed by atoms with Crippen molar-refractivity contribution in [3.8, 4) is 0 Å².